The van der Waals surface area contributed by atoms with E-state index in [1.54, 1.807) is 0 Å². The van der Waals surface area contributed by atoms with Gasteiger partial charge in [-0.3, -0.25) is 4.79 Å². The lowest BCUT2D eigenvalue weighted by molar-refractivity contribution is -0.136. The van der Waals surface area contributed by atoms with Crippen molar-refractivity contribution in [3.63, 3.8) is 0 Å². The zero-order valence-electron chi connectivity index (χ0n) is 4.95. The van der Waals surface area contributed by atoms with Gasteiger partial charge in [0, 0.05) is 5.25 Å². The normalized spacial score (nSPS) is 13.1. The average Bonchev–Trinajstić information content (AvgIpc) is 1.63. The second-order valence-electron chi connectivity index (χ2n) is 1.76. The van der Waals surface area contributed by atoms with Crippen molar-refractivity contribution in [1.82, 2.24) is 0 Å². The molecule has 0 radical (unpaired) electrons. The molecule has 0 aliphatic rings. The molecule has 1 unspecified atom stereocenters. The molecule has 0 aromatic carbocycles. The molecule has 0 aliphatic carbocycles. The summed E-state index contributed by atoms with van der Waals surface area (Å²) in [5.74, 6) is -0.0988. The SMILES string of the molecule is O=C(O)CC(S)CCS. The highest BCUT2D eigenvalue weighted by Crippen LogP contribution is 2.06. The van der Waals surface area contributed by atoms with Gasteiger partial charge in [0.2, 0.25) is 0 Å². The monoisotopic (exact) mass is 166 g/mol. The summed E-state index contributed by atoms with van der Waals surface area (Å²) in [6.07, 6.45) is 0.877. The van der Waals surface area contributed by atoms with E-state index in [1.165, 1.54) is 0 Å². The van der Waals surface area contributed by atoms with Crippen LogP contribution in [-0.4, -0.2) is 22.1 Å². The van der Waals surface area contributed by atoms with E-state index in [1.807, 2.05) is 0 Å². The summed E-state index contributed by atoms with van der Waals surface area (Å²) in [4.78, 5) is 10.0. The number of hydrogen-bond acceptors (Lipinski definition) is 3. The van der Waals surface area contributed by atoms with Crippen LogP contribution >= 0.6 is 25.3 Å². The van der Waals surface area contributed by atoms with Crippen molar-refractivity contribution < 1.29 is 9.90 Å². The van der Waals surface area contributed by atoms with Crippen molar-refractivity contribution in [2.75, 3.05) is 5.75 Å². The highest BCUT2D eigenvalue weighted by molar-refractivity contribution is 7.81. The van der Waals surface area contributed by atoms with Crippen LogP contribution in [0, 0.1) is 0 Å². The number of hydrogen-bond donors (Lipinski definition) is 3. The van der Waals surface area contributed by atoms with E-state index in [2.05, 4.69) is 25.3 Å². The summed E-state index contributed by atoms with van der Waals surface area (Å²) in [6, 6.07) is 0. The fraction of sp³-hybridized carbons (Fsp3) is 0.800. The molecule has 0 spiro atoms. The van der Waals surface area contributed by atoms with Crippen molar-refractivity contribution in [1.29, 1.82) is 0 Å². The second kappa shape index (κ2) is 4.99. The first-order chi connectivity index (χ1) is 4.16. The van der Waals surface area contributed by atoms with Gasteiger partial charge in [-0.05, 0) is 12.2 Å². The Morgan fingerprint density at radius 3 is 2.56 bits per heavy atom. The van der Waals surface area contributed by atoms with Crippen molar-refractivity contribution in [2.45, 2.75) is 18.1 Å². The highest BCUT2D eigenvalue weighted by atomic mass is 32.1. The molecule has 0 aromatic heterocycles. The van der Waals surface area contributed by atoms with Crippen molar-refractivity contribution >= 4 is 31.2 Å². The van der Waals surface area contributed by atoms with Crippen molar-refractivity contribution in [2.24, 2.45) is 0 Å². The van der Waals surface area contributed by atoms with E-state index in [0.29, 0.717) is 5.75 Å². The van der Waals surface area contributed by atoms with Gasteiger partial charge < -0.3 is 5.11 Å². The Kier molecular flexibility index (Phi) is 5.09. The quantitative estimate of drug-likeness (QED) is 0.547. The molecule has 4 heteroatoms. The first kappa shape index (κ1) is 9.17. The fourth-order valence-electron chi connectivity index (χ4n) is 0.453. The van der Waals surface area contributed by atoms with Crippen LogP contribution in [0.25, 0.3) is 0 Å². The first-order valence-electron chi connectivity index (χ1n) is 2.67. The van der Waals surface area contributed by atoms with E-state index in [9.17, 15) is 4.79 Å². The maximum atomic E-state index is 10.0. The number of carboxylic acids is 1. The molecule has 54 valence electrons. The van der Waals surface area contributed by atoms with Crippen molar-refractivity contribution in [3.8, 4) is 0 Å². The summed E-state index contributed by atoms with van der Waals surface area (Å²) in [6.45, 7) is 0. The molecule has 0 fully saturated rings. The summed E-state index contributed by atoms with van der Waals surface area (Å²) in [7, 11) is 0. The molecule has 0 heterocycles. The minimum Gasteiger partial charge on any atom is -0.481 e. The van der Waals surface area contributed by atoms with E-state index >= 15 is 0 Å². The van der Waals surface area contributed by atoms with Crippen molar-refractivity contribution in [3.05, 3.63) is 0 Å². The number of thiol groups is 2. The molecule has 0 aliphatic heterocycles. The number of carbonyl (C=O) groups is 1. The largest absolute Gasteiger partial charge is 0.481 e. The molecule has 1 atom stereocenters. The van der Waals surface area contributed by atoms with Crippen LogP contribution in [0.3, 0.4) is 0 Å². The fourth-order valence-corrected chi connectivity index (χ4v) is 1.25. The lowest BCUT2D eigenvalue weighted by Gasteiger charge is -2.02. The number of carboxylic acid groups (broad SMARTS) is 1. The molecule has 0 aromatic rings. The third kappa shape index (κ3) is 6.05. The maximum Gasteiger partial charge on any atom is 0.304 e. The van der Waals surface area contributed by atoms with Crippen LogP contribution in [0.1, 0.15) is 12.8 Å². The Labute approximate surface area is 65.5 Å². The molecule has 0 rings (SSSR count). The van der Waals surface area contributed by atoms with Crippen LogP contribution in [0.5, 0.6) is 0 Å². The molecule has 0 amide bonds. The van der Waals surface area contributed by atoms with Gasteiger partial charge in [0.1, 0.15) is 0 Å². The Balaban J connectivity index is 3.26. The minimum absolute atomic E-state index is 0.0417. The van der Waals surface area contributed by atoms with Gasteiger partial charge in [-0.25, -0.2) is 0 Å². The predicted octanol–water partition coefficient (Wildman–Crippen LogP) is 1.08. The molecule has 2 nitrogen and oxygen atoms in total. The van der Waals surface area contributed by atoms with Gasteiger partial charge in [0.15, 0.2) is 0 Å². The Hall–Kier alpha value is 0.170. The van der Waals surface area contributed by atoms with Crippen LogP contribution in [-0.2, 0) is 4.79 Å². The second-order valence-corrected chi connectivity index (χ2v) is 2.94. The van der Waals surface area contributed by atoms with Crippen LogP contribution in [0.15, 0.2) is 0 Å². The lowest BCUT2D eigenvalue weighted by atomic mass is 10.2. The van der Waals surface area contributed by atoms with E-state index in [0.717, 1.165) is 6.42 Å². The third-order valence-corrected chi connectivity index (χ3v) is 1.57. The van der Waals surface area contributed by atoms with E-state index in [4.69, 9.17) is 5.11 Å². The molecule has 0 saturated carbocycles. The Morgan fingerprint density at radius 1 is 1.67 bits per heavy atom. The van der Waals surface area contributed by atoms with Gasteiger partial charge in [-0.15, -0.1) is 0 Å². The first-order valence-corrected chi connectivity index (χ1v) is 3.82. The molecule has 9 heavy (non-hydrogen) atoms. The maximum absolute atomic E-state index is 10.0. The minimum atomic E-state index is -0.795. The van der Waals surface area contributed by atoms with E-state index in [-0.39, 0.29) is 11.7 Å². The molecule has 0 saturated heterocycles. The standard InChI is InChI=1S/C5H10O2S2/c6-5(7)3-4(9)1-2-8/h4,8-9H,1-3H2,(H,6,7). The zero-order chi connectivity index (χ0) is 7.28. The molecule has 0 bridgehead atoms. The van der Waals surface area contributed by atoms with Gasteiger partial charge in [0.05, 0.1) is 6.42 Å². The molecular weight excluding hydrogens is 156 g/mol. The van der Waals surface area contributed by atoms with Gasteiger partial charge in [0.25, 0.3) is 0 Å². The summed E-state index contributed by atoms with van der Waals surface area (Å²) < 4.78 is 0. The van der Waals surface area contributed by atoms with Gasteiger partial charge >= 0.3 is 5.97 Å². The predicted molar refractivity (Wildman–Crippen MR) is 43.5 cm³/mol. The summed E-state index contributed by atoms with van der Waals surface area (Å²) in [5, 5.41) is 8.20. The summed E-state index contributed by atoms with van der Waals surface area (Å²) >= 11 is 7.96. The molecular formula is C5H10O2S2. The smallest absolute Gasteiger partial charge is 0.304 e. The lowest BCUT2D eigenvalue weighted by Crippen LogP contribution is -2.07. The zero-order valence-corrected chi connectivity index (χ0v) is 6.74. The topological polar surface area (TPSA) is 37.3 Å². The van der Waals surface area contributed by atoms with Gasteiger partial charge in [-0.2, -0.15) is 25.3 Å². The molecule has 1 N–H and O–H groups in total. The van der Waals surface area contributed by atoms with Crippen LogP contribution in [0.4, 0.5) is 0 Å². The number of aliphatic carboxylic acids is 1. The average molecular weight is 166 g/mol. The number of rotatable bonds is 4. The third-order valence-electron chi connectivity index (χ3n) is 0.873. The van der Waals surface area contributed by atoms with Crippen LogP contribution in [0.2, 0.25) is 0 Å². The summed E-state index contributed by atoms with van der Waals surface area (Å²) in [5.41, 5.74) is 0. The van der Waals surface area contributed by atoms with Gasteiger partial charge in [-0.1, -0.05) is 0 Å². The Morgan fingerprint density at radius 2 is 2.22 bits per heavy atom. The van der Waals surface area contributed by atoms with E-state index < -0.39 is 5.97 Å². The van der Waals surface area contributed by atoms with Crippen LogP contribution < -0.4 is 0 Å². The highest BCUT2D eigenvalue weighted by Gasteiger charge is 2.05. The Bertz CT molecular complexity index is 95.0.